The van der Waals surface area contributed by atoms with Crippen LogP contribution >= 0.6 is 0 Å². The highest BCUT2D eigenvalue weighted by molar-refractivity contribution is 6.08. The molecule has 2 N–H and O–H groups in total. The van der Waals surface area contributed by atoms with Crippen LogP contribution in [0.25, 0.3) is 0 Å². The Hall–Kier alpha value is -3.10. The Bertz CT molecular complexity index is 982. The molecule has 5 nitrogen and oxygen atoms in total. The third-order valence-corrected chi connectivity index (χ3v) is 5.04. The number of nitrogens with one attached hydrogen (secondary N) is 2. The first-order valence-corrected chi connectivity index (χ1v) is 9.12. The number of alkyl halides is 2. The number of ether oxygens (including phenoxy) is 1. The number of amides is 3. The van der Waals surface area contributed by atoms with Crippen LogP contribution in [-0.2, 0) is 0 Å². The number of imide groups is 1. The number of urea groups is 1. The summed E-state index contributed by atoms with van der Waals surface area (Å²) < 4.78 is 59.6. The number of carbonyl (C=O) groups excluding carboxylic acids is 2. The molecule has 160 valence electrons. The number of halogens is 4. The van der Waals surface area contributed by atoms with Gasteiger partial charge in [0.15, 0.2) is 0 Å². The fraction of sp³-hybridized carbons (Fsp3) is 0.333. The summed E-state index contributed by atoms with van der Waals surface area (Å²) in [4.78, 5) is 24.0. The van der Waals surface area contributed by atoms with E-state index in [-0.39, 0.29) is 13.0 Å². The summed E-state index contributed by atoms with van der Waals surface area (Å²) in [7, 11) is 0. The molecule has 3 amide bonds. The van der Waals surface area contributed by atoms with Crippen molar-refractivity contribution in [3.8, 4) is 5.75 Å². The number of carbonyl (C=O) groups is 2. The molecule has 0 saturated heterocycles. The van der Waals surface area contributed by atoms with E-state index >= 15 is 0 Å². The van der Waals surface area contributed by atoms with Crippen molar-refractivity contribution < 1.29 is 31.9 Å². The van der Waals surface area contributed by atoms with Crippen molar-refractivity contribution in [2.75, 3.05) is 11.9 Å². The highest BCUT2D eigenvalue weighted by atomic mass is 19.3. The molecule has 2 aromatic rings. The Morgan fingerprint density at radius 2 is 1.63 bits per heavy atom. The molecule has 0 aliphatic heterocycles. The second-order valence-corrected chi connectivity index (χ2v) is 7.67. The van der Waals surface area contributed by atoms with Crippen LogP contribution in [0.4, 0.5) is 28.0 Å². The fourth-order valence-electron chi connectivity index (χ4n) is 3.13. The lowest BCUT2D eigenvalue weighted by atomic mass is 10.1. The second-order valence-electron chi connectivity index (χ2n) is 7.67. The molecule has 3 rings (SSSR count). The zero-order valence-electron chi connectivity index (χ0n) is 16.5. The van der Waals surface area contributed by atoms with E-state index in [9.17, 15) is 27.2 Å². The van der Waals surface area contributed by atoms with Crippen LogP contribution < -0.4 is 15.4 Å². The molecule has 9 heteroatoms. The van der Waals surface area contributed by atoms with E-state index in [2.05, 4.69) is 5.32 Å². The molecule has 1 aliphatic rings. The Balaban J connectivity index is 1.65. The maximum atomic E-state index is 13.6. The summed E-state index contributed by atoms with van der Waals surface area (Å²) in [6, 6.07) is 4.98. The summed E-state index contributed by atoms with van der Waals surface area (Å²) in [6.07, 6.45) is -0.228. The van der Waals surface area contributed by atoms with Crippen molar-refractivity contribution >= 4 is 17.6 Å². The van der Waals surface area contributed by atoms with Gasteiger partial charge >= 0.3 is 6.03 Å². The van der Waals surface area contributed by atoms with Gasteiger partial charge in [-0.3, -0.25) is 10.1 Å². The molecule has 0 aromatic heterocycles. The van der Waals surface area contributed by atoms with Gasteiger partial charge in [0, 0.05) is 12.1 Å². The van der Waals surface area contributed by atoms with Gasteiger partial charge in [-0.25, -0.2) is 22.4 Å². The van der Waals surface area contributed by atoms with Gasteiger partial charge in [0.05, 0.1) is 12.0 Å². The van der Waals surface area contributed by atoms with Crippen LogP contribution in [0.5, 0.6) is 5.75 Å². The fourth-order valence-corrected chi connectivity index (χ4v) is 3.13. The quantitative estimate of drug-likeness (QED) is 0.667. The Kier molecular flexibility index (Phi) is 5.49. The number of hydrogen-bond acceptors (Lipinski definition) is 3. The zero-order valence-corrected chi connectivity index (χ0v) is 16.5. The average molecular weight is 424 g/mol. The maximum Gasteiger partial charge on any atom is 0.326 e. The maximum absolute atomic E-state index is 13.6. The minimum Gasteiger partial charge on any atom is -0.492 e. The minimum absolute atomic E-state index is 0.141. The van der Waals surface area contributed by atoms with Crippen molar-refractivity contribution in [1.82, 2.24) is 5.32 Å². The van der Waals surface area contributed by atoms with Gasteiger partial charge < -0.3 is 10.1 Å². The van der Waals surface area contributed by atoms with Gasteiger partial charge in [0.2, 0.25) is 0 Å². The van der Waals surface area contributed by atoms with Crippen molar-refractivity contribution in [3.05, 3.63) is 58.7 Å². The number of aryl methyl sites for hydroxylation is 2. The first-order chi connectivity index (χ1) is 13.9. The van der Waals surface area contributed by atoms with Gasteiger partial charge in [-0.15, -0.1) is 0 Å². The zero-order chi connectivity index (χ0) is 22.3. The molecule has 1 fully saturated rings. The minimum atomic E-state index is -2.74. The molecule has 1 aliphatic carbocycles. The van der Waals surface area contributed by atoms with Crippen molar-refractivity contribution in [3.63, 3.8) is 0 Å². The van der Waals surface area contributed by atoms with Crippen LogP contribution in [-0.4, -0.2) is 24.5 Å². The molecule has 30 heavy (non-hydrogen) atoms. The van der Waals surface area contributed by atoms with E-state index < -0.39 is 40.5 Å². The number of rotatable bonds is 5. The summed E-state index contributed by atoms with van der Waals surface area (Å²) in [5.74, 6) is -5.73. The summed E-state index contributed by atoms with van der Waals surface area (Å²) in [6.45, 7) is 4.67. The smallest absolute Gasteiger partial charge is 0.326 e. The van der Waals surface area contributed by atoms with Gasteiger partial charge in [0.25, 0.3) is 11.8 Å². The molecule has 0 heterocycles. The Morgan fingerprint density at radius 3 is 2.13 bits per heavy atom. The number of benzene rings is 2. The molecule has 0 bridgehead atoms. The third-order valence-electron chi connectivity index (χ3n) is 5.04. The lowest BCUT2D eigenvalue weighted by Gasteiger charge is -2.17. The molecule has 0 radical (unpaired) electrons. The molecule has 1 saturated carbocycles. The predicted octanol–water partition coefficient (Wildman–Crippen LogP) is 4.97. The lowest BCUT2D eigenvalue weighted by molar-refractivity contribution is 0.0496. The van der Waals surface area contributed by atoms with Crippen LogP contribution in [0.3, 0.4) is 0 Å². The highest BCUT2D eigenvalue weighted by Gasteiger charge is 2.68. The van der Waals surface area contributed by atoms with E-state index in [0.717, 1.165) is 18.2 Å². The van der Waals surface area contributed by atoms with Crippen LogP contribution in [0.2, 0.25) is 0 Å². The largest absolute Gasteiger partial charge is 0.492 e. The van der Waals surface area contributed by atoms with Crippen LogP contribution in [0, 0.1) is 30.9 Å². The van der Waals surface area contributed by atoms with E-state index in [0.29, 0.717) is 22.6 Å². The molecule has 2 aromatic carbocycles. The second kappa shape index (κ2) is 7.62. The van der Waals surface area contributed by atoms with Crippen molar-refractivity contribution in [2.24, 2.45) is 5.41 Å². The molecule has 1 atom stereocenters. The predicted molar refractivity (Wildman–Crippen MR) is 102 cm³/mol. The third kappa shape index (κ3) is 4.24. The highest BCUT2D eigenvalue weighted by Crippen LogP contribution is 2.60. The van der Waals surface area contributed by atoms with E-state index in [1.54, 1.807) is 13.8 Å². The Labute approximate surface area is 170 Å². The monoisotopic (exact) mass is 424 g/mol. The van der Waals surface area contributed by atoms with E-state index in [1.807, 2.05) is 5.32 Å². The molecular formula is C21H20F4N2O3. The van der Waals surface area contributed by atoms with Crippen molar-refractivity contribution in [1.29, 1.82) is 0 Å². The summed E-state index contributed by atoms with van der Waals surface area (Å²) >= 11 is 0. The normalized spacial score (nSPS) is 19.2. The van der Waals surface area contributed by atoms with E-state index in [1.165, 1.54) is 19.1 Å². The number of hydrogen-bond donors (Lipinski definition) is 2. The lowest BCUT2D eigenvalue weighted by Crippen LogP contribution is -2.35. The van der Waals surface area contributed by atoms with Crippen LogP contribution in [0.15, 0.2) is 30.3 Å². The average Bonchev–Trinajstić information content (AvgIpc) is 3.11. The molecule has 1 unspecified atom stereocenters. The summed E-state index contributed by atoms with van der Waals surface area (Å²) in [5, 5.41) is 4.26. The SMILES string of the molecule is Cc1cc(NC(=O)NC(=O)c2c(F)cccc2F)cc(C)c1OCC1(C)CC1(F)F. The number of anilines is 1. The first kappa shape index (κ1) is 21.6. The van der Waals surface area contributed by atoms with E-state index in [4.69, 9.17) is 4.74 Å². The van der Waals surface area contributed by atoms with Gasteiger partial charge in [0.1, 0.15) is 22.9 Å². The topological polar surface area (TPSA) is 67.4 Å². The molecule has 0 spiro atoms. The first-order valence-electron chi connectivity index (χ1n) is 9.12. The van der Waals surface area contributed by atoms with Crippen molar-refractivity contribution in [2.45, 2.75) is 33.1 Å². The standard InChI is InChI=1S/C21H20F4N2O3/c1-11-7-13(8-12(2)17(11)30-10-20(3)9-21(20,24)25)26-19(29)27-18(28)16-14(22)5-4-6-15(16)23/h4-8H,9-10H2,1-3H3,(H2,26,27,28,29). The van der Waals surface area contributed by atoms with Gasteiger partial charge in [-0.2, -0.15) is 0 Å². The van der Waals surface area contributed by atoms with Gasteiger partial charge in [-0.1, -0.05) is 13.0 Å². The Morgan fingerprint density at radius 1 is 1.10 bits per heavy atom. The van der Waals surface area contributed by atoms with Crippen LogP contribution in [0.1, 0.15) is 34.8 Å². The van der Waals surface area contributed by atoms with Gasteiger partial charge in [-0.05, 0) is 49.2 Å². The molecular weight excluding hydrogens is 404 g/mol. The summed E-state index contributed by atoms with van der Waals surface area (Å²) in [5.41, 5.74) is -0.590.